The first kappa shape index (κ1) is 14.4. The van der Waals surface area contributed by atoms with Gasteiger partial charge < -0.3 is 5.32 Å². The molecule has 0 bridgehead atoms. The van der Waals surface area contributed by atoms with E-state index in [4.69, 9.17) is 16.9 Å². The third-order valence-electron chi connectivity index (χ3n) is 2.99. The van der Waals surface area contributed by atoms with Gasteiger partial charge in [-0.05, 0) is 43.2 Å². The fourth-order valence-electron chi connectivity index (χ4n) is 2.04. The summed E-state index contributed by atoms with van der Waals surface area (Å²) in [6, 6.07) is 13.8. The van der Waals surface area contributed by atoms with Gasteiger partial charge in [0.2, 0.25) is 0 Å². The predicted molar refractivity (Wildman–Crippen MR) is 79.4 cm³/mol. The zero-order valence-corrected chi connectivity index (χ0v) is 11.8. The highest BCUT2D eigenvalue weighted by molar-refractivity contribution is 6.30. The molecule has 2 aromatic rings. The number of benzene rings is 2. The van der Waals surface area contributed by atoms with Gasteiger partial charge in [-0.3, -0.25) is 0 Å². The highest BCUT2D eigenvalue weighted by Crippen LogP contribution is 2.22. The Kier molecular flexibility index (Phi) is 4.60. The van der Waals surface area contributed by atoms with E-state index in [1.807, 2.05) is 13.0 Å². The molecule has 0 aliphatic carbocycles. The van der Waals surface area contributed by atoms with Crippen molar-refractivity contribution in [1.29, 1.82) is 5.26 Å². The summed E-state index contributed by atoms with van der Waals surface area (Å²) in [5, 5.41) is 12.8. The third-order valence-corrected chi connectivity index (χ3v) is 3.22. The van der Waals surface area contributed by atoms with Crippen molar-refractivity contribution in [2.75, 3.05) is 5.32 Å². The molecule has 0 amide bonds. The van der Waals surface area contributed by atoms with E-state index < -0.39 is 0 Å². The first-order valence-electron chi connectivity index (χ1n) is 6.29. The summed E-state index contributed by atoms with van der Waals surface area (Å²) in [4.78, 5) is 0. The third kappa shape index (κ3) is 3.49. The molecule has 0 aliphatic rings. The number of nitriles is 1. The van der Waals surface area contributed by atoms with Gasteiger partial charge in [0.1, 0.15) is 11.9 Å². The second-order valence-corrected chi connectivity index (χ2v) is 5.08. The standard InChI is InChI=1S/C16H14ClFN2/c1-11(8-12-4-2-3-5-15(12)18)20-16-9-14(17)7-6-13(16)10-19/h2-7,9,11,20H,8H2,1H3. The number of rotatable bonds is 4. The van der Waals surface area contributed by atoms with Crippen LogP contribution in [0.5, 0.6) is 0 Å². The van der Waals surface area contributed by atoms with Crippen molar-refractivity contribution in [3.8, 4) is 6.07 Å². The molecule has 1 unspecified atom stereocenters. The number of anilines is 1. The molecule has 1 atom stereocenters. The molecule has 2 rings (SSSR count). The van der Waals surface area contributed by atoms with E-state index in [0.717, 1.165) is 0 Å². The zero-order chi connectivity index (χ0) is 14.5. The van der Waals surface area contributed by atoms with Crippen LogP contribution in [0.15, 0.2) is 42.5 Å². The molecule has 20 heavy (non-hydrogen) atoms. The van der Waals surface area contributed by atoms with Crippen LogP contribution in [0, 0.1) is 17.1 Å². The van der Waals surface area contributed by atoms with Crippen LogP contribution in [0.3, 0.4) is 0 Å². The molecule has 1 N–H and O–H groups in total. The summed E-state index contributed by atoms with van der Waals surface area (Å²) in [5.41, 5.74) is 1.84. The number of hydrogen-bond acceptors (Lipinski definition) is 2. The highest BCUT2D eigenvalue weighted by atomic mass is 35.5. The topological polar surface area (TPSA) is 35.8 Å². The van der Waals surface area contributed by atoms with Crippen LogP contribution < -0.4 is 5.32 Å². The Morgan fingerprint density at radius 1 is 1.30 bits per heavy atom. The van der Waals surface area contributed by atoms with E-state index in [9.17, 15) is 4.39 Å². The van der Waals surface area contributed by atoms with E-state index in [1.165, 1.54) is 6.07 Å². The lowest BCUT2D eigenvalue weighted by Gasteiger charge is -2.17. The molecule has 0 radical (unpaired) electrons. The Bertz CT molecular complexity index is 649. The SMILES string of the molecule is CC(Cc1ccccc1F)Nc1cc(Cl)ccc1C#N. The van der Waals surface area contributed by atoms with Crippen molar-refractivity contribution in [3.63, 3.8) is 0 Å². The number of nitrogens with one attached hydrogen (secondary N) is 1. The smallest absolute Gasteiger partial charge is 0.126 e. The molecule has 0 heterocycles. The van der Waals surface area contributed by atoms with Gasteiger partial charge in [0.25, 0.3) is 0 Å². The van der Waals surface area contributed by atoms with E-state index >= 15 is 0 Å². The summed E-state index contributed by atoms with van der Waals surface area (Å²) < 4.78 is 13.6. The van der Waals surface area contributed by atoms with E-state index in [2.05, 4.69) is 11.4 Å². The maximum atomic E-state index is 13.6. The Labute approximate surface area is 122 Å². The van der Waals surface area contributed by atoms with E-state index in [1.54, 1.807) is 30.3 Å². The molecule has 0 aromatic heterocycles. The lowest BCUT2D eigenvalue weighted by Crippen LogP contribution is -2.19. The van der Waals surface area contributed by atoms with Gasteiger partial charge in [0, 0.05) is 11.1 Å². The second-order valence-electron chi connectivity index (χ2n) is 4.64. The Hall–Kier alpha value is -2.05. The van der Waals surface area contributed by atoms with E-state index in [-0.39, 0.29) is 11.9 Å². The van der Waals surface area contributed by atoms with Crippen LogP contribution in [-0.4, -0.2) is 6.04 Å². The molecular weight excluding hydrogens is 275 g/mol. The van der Waals surface area contributed by atoms with Crippen LogP contribution in [-0.2, 0) is 6.42 Å². The van der Waals surface area contributed by atoms with Crippen LogP contribution >= 0.6 is 11.6 Å². The fourth-order valence-corrected chi connectivity index (χ4v) is 2.22. The molecule has 102 valence electrons. The van der Waals surface area contributed by atoms with E-state index in [0.29, 0.717) is 28.3 Å². The van der Waals surface area contributed by atoms with Gasteiger partial charge >= 0.3 is 0 Å². The largest absolute Gasteiger partial charge is 0.381 e. The molecule has 0 saturated carbocycles. The first-order valence-corrected chi connectivity index (χ1v) is 6.67. The first-order chi connectivity index (χ1) is 9.60. The molecule has 0 saturated heterocycles. The molecule has 2 aromatic carbocycles. The normalized spacial score (nSPS) is 11.7. The van der Waals surface area contributed by atoms with Gasteiger partial charge in [-0.15, -0.1) is 0 Å². The van der Waals surface area contributed by atoms with Gasteiger partial charge in [-0.1, -0.05) is 29.8 Å². The fraction of sp³-hybridized carbons (Fsp3) is 0.188. The lowest BCUT2D eigenvalue weighted by atomic mass is 10.1. The average Bonchev–Trinajstić information content (AvgIpc) is 2.41. The quantitative estimate of drug-likeness (QED) is 0.905. The summed E-state index contributed by atoms with van der Waals surface area (Å²) in [6.07, 6.45) is 0.532. The van der Waals surface area contributed by atoms with Crippen molar-refractivity contribution in [2.24, 2.45) is 0 Å². The summed E-state index contributed by atoms with van der Waals surface area (Å²) in [5.74, 6) is -0.215. The maximum absolute atomic E-state index is 13.6. The van der Waals surface area contributed by atoms with Crippen molar-refractivity contribution in [2.45, 2.75) is 19.4 Å². The Morgan fingerprint density at radius 3 is 2.75 bits per heavy atom. The Balaban J connectivity index is 2.13. The lowest BCUT2D eigenvalue weighted by molar-refractivity contribution is 0.601. The predicted octanol–water partition coefficient (Wildman–Crippen LogP) is 4.39. The minimum atomic E-state index is -0.215. The minimum Gasteiger partial charge on any atom is -0.381 e. The van der Waals surface area contributed by atoms with Crippen LogP contribution in [0.25, 0.3) is 0 Å². The van der Waals surface area contributed by atoms with Crippen molar-refractivity contribution in [1.82, 2.24) is 0 Å². The van der Waals surface area contributed by atoms with Crippen LogP contribution in [0.1, 0.15) is 18.1 Å². The van der Waals surface area contributed by atoms with Gasteiger partial charge in [-0.2, -0.15) is 5.26 Å². The number of nitrogens with zero attached hydrogens (tertiary/aromatic N) is 1. The number of hydrogen-bond donors (Lipinski definition) is 1. The van der Waals surface area contributed by atoms with Crippen LogP contribution in [0.2, 0.25) is 5.02 Å². The zero-order valence-electron chi connectivity index (χ0n) is 11.0. The monoisotopic (exact) mass is 288 g/mol. The maximum Gasteiger partial charge on any atom is 0.126 e. The van der Waals surface area contributed by atoms with Crippen molar-refractivity contribution >= 4 is 17.3 Å². The minimum absolute atomic E-state index is 0.0162. The molecular formula is C16H14ClFN2. The summed E-state index contributed by atoms with van der Waals surface area (Å²) in [7, 11) is 0. The van der Waals surface area contributed by atoms with Crippen molar-refractivity contribution in [3.05, 3.63) is 64.4 Å². The molecule has 0 aliphatic heterocycles. The molecule has 4 heteroatoms. The van der Waals surface area contributed by atoms with Crippen molar-refractivity contribution < 1.29 is 4.39 Å². The molecule has 0 fully saturated rings. The van der Waals surface area contributed by atoms with Crippen LogP contribution in [0.4, 0.5) is 10.1 Å². The van der Waals surface area contributed by atoms with Gasteiger partial charge in [0.15, 0.2) is 0 Å². The summed E-state index contributed by atoms with van der Waals surface area (Å²) >= 11 is 5.93. The summed E-state index contributed by atoms with van der Waals surface area (Å²) in [6.45, 7) is 1.94. The Morgan fingerprint density at radius 2 is 2.05 bits per heavy atom. The average molecular weight is 289 g/mol. The van der Waals surface area contributed by atoms with Gasteiger partial charge in [-0.25, -0.2) is 4.39 Å². The highest BCUT2D eigenvalue weighted by Gasteiger charge is 2.10. The molecule has 2 nitrogen and oxygen atoms in total. The molecule has 0 spiro atoms. The van der Waals surface area contributed by atoms with Gasteiger partial charge in [0.05, 0.1) is 11.3 Å². The second kappa shape index (κ2) is 6.40. The number of halogens is 2.